The number of nitrogens with zero attached hydrogens (tertiary/aromatic N) is 1. The van der Waals surface area contributed by atoms with E-state index in [1.165, 1.54) is 19.3 Å². The summed E-state index contributed by atoms with van der Waals surface area (Å²) in [7, 11) is 0. The molecule has 0 spiro atoms. The van der Waals surface area contributed by atoms with Crippen LogP contribution in [0.25, 0.3) is 0 Å². The number of benzene rings is 1. The molecular formula is C22H28N2O2S. The normalized spacial score (nSPS) is 33.7. The molecule has 4 nitrogen and oxygen atoms in total. The fraction of sp³-hybridized carbons (Fsp3) is 0.636. The average molecular weight is 385 g/mol. The van der Waals surface area contributed by atoms with Gasteiger partial charge in [-0.15, -0.1) is 11.8 Å². The SMILES string of the molecule is CCC(=O)N1CCSc2ccc(C(=O)NC34CC5CC(CC(C5)C3)C4)cc21. The van der Waals surface area contributed by atoms with Crippen molar-refractivity contribution in [2.45, 2.75) is 62.3 Å². The molecule has 5 heteroatoms. The molecular weight excluding hydrogens is 356 g/mol. The highest BCUT2D eigenvalue weighted by atomic mass is 32.2. The van der Waals surface area contributed by atoms with E-state index in [1.54, 1.807) is 11.8 Å². The van der Waals surface area contributed by atoms with Crippen molar-refractivity contribution in [3.8, 4) is 0 Å². The standard InChI is InChI=1S/C22H28N2O2S/c1-2-20(25)24-5-6-27-19-4-3-17(10-18(19)24)21(26)23-22-11-14-7-15(12-22)9-16(8-14)13-22/h3-4,10,14-16H,2,5-9,11-13H2,1H3,(H,23,26). The Morgan fingerprint density at radius 3 is 2.44 bits per heavy atom. The average Bonchev–Trinajstić information content (AvgIpc) is 2.65. The van der Waals surface area contributed by atoms with Crippen molar-refractivity contribution in [1.82, 2.24) is 5.32 Å². The zero-order chi connectivity index (χ0) is 18.6. The number of thioether (sulfide) groups is 1. The lowest BCUT2D eigenvalue weighted by atomic mass is 9.53. The Morgan fingerprint density at radius 2 is 1.81 bits per heavy atom. The topological polar surface area (TPSA) is 49.4 Å². The molecule has 4 aliphatic carbocycles. The van der Waals surface area contributed by atoms with Crippen molar-refractivity contribution in [2.75, 3.05) is 17.2 Å². The van der Waals surface area contributed by atoms with E-state index < -0.39 is 0 Å². The van der Waals surface area contributed by atoms with Gasteiger partial charge in [0, 0.05) is 34.7 Å². The maximum absolute atomic E-state index is 13.1. The highest BCUT2D eigenvalue weighted by Gasteiger charge is 2.51. The minimum Gasteiger partial charge on any atom is -0.347 e. The van der Waals surface area contributed by atoms with Gasteiger partial charge in [0.05, 0.1) is 5.69 Å². The number of carbonyl (C=O) groups is 2. The molecule has 1 aromatic rings. The van der Waals surface area contributed by atoms with Crippen LogP contribution in [0.1, 0.15) is 62.2 Å². The summed E-state index contributed by atoms with van der Waals surface area (Å²) >= 11 is 1.77. The van der Waals surface area contributed by atoms with E-state index in [9.17, 15) is 9.59 Å². The molecule has 0 aromatic heterocycles. The minimum absolute atomic E-state index is 0.0232. The Morgan fingerprint density at radius 1 is 1.15 bits per heavy atom. The van der Waals surface area contributed by atoms with Gasteiger partial charge in [-0.2, -0.15) is 0 Å². The van der Waals surface area contributed by atoms with Gasteiger partial charge < -0.3 is 10.2 Å². The third-order valence-electron chi connectivity index (χ3n) is 7.10. The van der Waals surface area contributed by atoms with Crippen LogP contribution < -0.4 is 10.2 Å². The van der Waals surface area contributed by atoms with Gasteiger partial charge in [-0.1, -0.05) is 6.92 Å². The molecule has 27 heavy (non-hydrogen) atoms. The molecule has 4 saturated carbocycles. The highest BCUT2D eigenvalue weighted by Crippen LogP contribution is 2.55. The van der Waals surface area contributed by atoms with E-state index in [2.05, 4.69) is 5.32 Å². The lowest BCUT2D eigenvalue weighted by Gasteiger charge is -2.56. The first-order valence-corrected chi connectivity index (χ1v) is 11.4. The van der Waals surface area contributed by atoms with Crippen LogP contribution in [0.2, 0.25) is 0 Å². The van der Waals surface area contributed by atoms with Gasteiger partial charge >= 0.3 is 0 Å². The van der Waals surface area contributed by atoms with Gasteiger partial charge in [0.15, 0.2) is 0 Å². The van der Waals surface area contributed by atoms with Crippen molar-refractivity contribution in [3.05, 3.63) is 23.8 Å². The first-order chi connectivity index (χ1) is 13.0. The number of carbonyl (C=O) groups excluding carboxylic acids is 2. The van der Waals surface area contributed by atoms with E-state index in [-0.39, 0.29) is 17.4 Å². The molecule has 4 bridgehead atoms. The van der Waals surface area contributed by atoms with Gasteiger partial charge in [-0.3, -0.25) is 9.59 Å². The molecule has 0 atom stereocenters. The predicted octanol–water partition coefficient (Wildman–Crippen LogP) is 4.23. The summed E-state index contributed by atoms with van der Waals surface area (Å²) in [6.45, 7) is 2.62. The Balaban J connectivity index is 1.39. The number of anilines is 1. The number of amides is 2. The maximum Gasteiger partial charge on any atom is 0.251 e. The quantitative estimate of drug-likeness (QED) is 0.848. The number of fused-ring (bicyclic) bond motifs is 1. The summed E-state index contributed by atoms with van der Waals surface area (Å²) in [6, 6.07) is 5.89. The lowest BCUT2D eigenvalue weighted by Crippen LogP contribution is -2.59. The number of nitrogens with one attached hydrogen (secondary N) is 1. The van der Waals surface area contributed by atoms with E-state index in [0.29, 0.717) is 12.0 Å². The van der Waals surface area contributed by atoms with Crippen molar-refractivity contribution < 1.29 is 9.59 Å². The van der Waals surface area contributed by atoms with E-state index in [1.807, 2.05) is 30.0 Å². The molecule has 0 radical (unpaired) electrons. The lowest BCUT2D eigenvalue weighted by molar-refractivity contribution is -0.118. The minimum atomic E-state index is 0.0232. The van der Waals surface area contributed by atoms with Crippen molar-refractivity contribution in [1.29, 1.82) is 0 Å². The van der Waals surface area contributed by atoms with Crippen LogP contribution in [0.5, 0.6) is 0 Å². The number of hydrogen-bond acceptors (Lipinski definition) is 3. The van der Waals surface area contributed by atoms with Crippen LogP contribution in [0.4, 0.5) is 5.69 Å². The second kappa shape index (κ2) is 6.54. The fourth-order valence-corrected chi connectivity index (χ4v) is 7.36. The summed E-state index contributed by atoms with van der Waals surface area (Å²) in [5, 5.41) is 3.46. The summed E-state index contributed by atoms with van der Waals surface area (Å²) < 4.78 is 0. The molecule has 1 N–H and O–H groups in total. The van der Waals surface area contributed by atoms with Crippen LogP contribution in [0.3, 0.4) is 0 Å². The monoisotopic (exact) mass is 384 g/mol. The molecule has 1 heterocycles. The van der Waals surface area contributed by atoms with E-state index in [4.69, 9.17) is 0 Å². The van der Waals surface area contributed by atoms with Crippen molar-refractivity contribution in [2.24, 2.45) is 17.8 Å². The molecule has 1 aliphatic heterocycles. The van der Waals surface area contributed by atoms with Crippen molar-refractivity contribution in [3.63, 3.8) is 0 Å². The largest absolute Gasteiger partial charge is 0.347 e. The van der Waals surface area contributed by atoms with Crippen LogP contribution in [0.15, 0.2) is 23.1 Å². The fourth-order valence-electron chi connectivity index (χ4n) is 6.39. The number of hydrogen-bond donors (Lipinski definition) is 1. The molecule has 4 fully saturated rings. The third-order valence-corrected chi connectivity index (χ3v) is 8.15. The first-order valence-electron chi connectivity index (χ1n) is 10.4. The molecule has 144 valence electrons. The van der Waals surface area contributed by atoms with Crippen LogP contribution in [-0.2, 0) is 4.79 Å². The zero-order valence-electron chi connectivity index (χ0n) is 16.0. The van der Waals surface area contributed by atoms with Crippen molar-refractivity contribution >= 4 is 29.3 Å². The molecule has 6 rings (SSSR count). The Hall–Kier alpha value is -1.49. The van der Waals surface area contributed by atoms with Gasteiger partial charge in [0.1, 0.15) is 0 Å². The smallest absolute Gasteiger partial charge is 0.251 e. The maximum atomic E-state index is 13.1. The Kier molecular flexibility index (Phi) is 4.26. The van der Waals surface area contributed by atoms with Gasteiger partial charge in [0.2, 0.25) is 5.91 Å². The molecule has 5 aliphatic rings. The van der Waals surface area contributed by atoms with E-state index >= 15 is 0 Å². The molecule has 2 amide bonds. The van der Waals surface area contributed by atoms with Crippen LogP contribution in [-0.4, -0.2) is 29.7 Å². The Bertz CT molecular complexity index is 755. The second-order valence-electron chi connectivity index (χ2n) is 9.08. The van der Waals surface area contributed by atoms with Gasteiger partial charge in [0.25, 0.3) is 5.91 Å². The number of rotatable bonds is 3. The summed E-state index contributed by atoms with van der Waals surface area (Å²) in [5.74, 6) is 3.53. The molecule has 0 saturated heterocycles. The van der Waals surface area contributed by atoms with Crippen LogP contribution in [0, 0.1) is 17.8 Å². The Labute approximate surface area is 165 Å². The second-order valence-corrected chi connectivity index (χ2v) is 10.2. The molecule has 0 unspecified atom stereocenters. The predicted molar refractivity (Wildman–Crippen MR) is 108 cm³/mol. The third kappa shape index (κ3) is 3.08. The van der Waals surface area contributed by atoms with Gasteiger partial charge in [-0.25, -0.2) is 0 Å². The summed E-state index contributed by atoms with van der Waals surface area (Å²) in [5.41, 5.74) is 1.63. The first kappa shape index (κ1) is 17.6. The highest BCUT2D eigenvalue weighted by molar-refractivity contribution is 7.99. The molecule has 1 aromatic carbocycles. The van der Waals surface area contributed by atoms with Gasteiger partial charge in [-0.05, 0) is 74.5 Å². The van der Waals surface area contributed by atoms with E-state index in [0.717, 1.165) is 59.9 Å². The summed E-state index contributed by atoms with van der Waals surface area (Å²) in [6.07, 6.45) is 8.09. The zero-order valence-corrected chi connectivity index (χ0v) is 16.8. The van der Waals surface area contributed by atoms with Crippen LogP contribution >= 0.6 is 11.8 Å². The summed E-state index contributed by atoms with van der Waals surface area (Å²) in [4.78, 5) is 28.4.